The van der Waals surface area contributed by atoms with Gasteiger partial charge >= 0.3 is 29.6 Å². The van der Waals surface area contributed by atoms with E-state index in [0.717, 1.165) is 4.90 Å². The van der Waals surface area contributed by atoms with Gasteiger partial charge in [0.1, 0.15) is 12.2 Å². The number of carbonyl (C=O) groups is 3. The predicted molar refractivity (Wildman–Crippen MR) is 63.3 cm³/mol. The quantitative estimate of drug-likeness (QED) is 0.369. The molecule has 90 valence electrons. The largest absolute Gasteiger partial charge is 1.00 e. The van der Waals surface area contributed by atoms with Crippen LogP contribution in [0.15, 0.2) is 30.3 Å². The molecule has 1 unspecified atom stereocenters. The van der Waals surface area contributed by atoms with Gasteiger partial charge in [0, 0.05) is 13.5 Å². The number of hydrogen-bond acceptors (Lipinski definition) is 3. The summed E-state index contributed by atoms with van der Waals surface area (Å²) in [6.45, 7) is 3.28. The third kappa shape index (κ3) is 4.05. The molecule has 2 amide bonds. The molecular formula is C13H15NNaO3+. The van der Waals surface area contributed by atoms with Crippen LogP contribution >= 0.6 is 0 Å². The molecule has 0 saturated carbocycles. The molecule has 1 aromatic rings. The topological polar surface area (TPSA) is 54.5 Å². The Hall–Kier alpha value is -0.970. The maximum atomic E-state index is 12.0. The van der Waals surface area contributed by atoms with E-state index in [2.05, 4.69) is 0 Å². The van der Waals surface area contributed by atoms with Crippen LogP contribution in [0.4, 0.5) is 0 Å². The van der Waals surface area contributed by atoms with Crippen LogP contribution in [-0.2, 0) is 14.4 Å². The summed E-state index contributed by atoms with van der Waals surface area (Å²) >= 11 is 0. The minimum atomic E-state index is -0.903. The summed E-state index contributed by atoms with van der Waals surface area (Å²) in [5.74, 6) is -1.72. The van der Waals surface area contributed by atoms with E-state index in [1.807, 2.05) is 0 Å². The molecule has 0 aliphatic heterocycles. The third-order valence-corrected chi connectivity index (χ3v) is 2.52. The summed E-state index contributed by atoms with van der Waals surface area (Å²) in [5.41, 5.74) is 0.604. The van der Waals surface area contributed by atoms with Gasteiger partial charge in [-0.2, -0.15) is 0 Å². The first-order valence-corrected chi connectivity index (χ1v) is 5.44. The molecule has 1 aromatic carbocycles. The zero-order chi connectivity index (χ0) is 12.8. The molecule has 0 heterocycles. The number of carbonyl (C=O) groups excluding carboxylic acids is 3. The van der Waals surface area contributed by atoms with Gasteiger partial charge in [0.05, 0.1) is 0 Å². The molecule has 0 saturated heterocycles. The Morgan fingerprint density at radius 1 is 1.28 bits per heavy atom. The van der Waals surface area contributed by atoms with Crippen molar-refractivity contribution in [1.82, 2.24) is 4.90 Å². The second-order valence-electron chi connectivity index (χ2n) is 3.63. The van der Waals surface area contributed by atoms with Crippen LogP contribution in [0.2, 0.25) is 0 Å². The fourth-order valence-electron chi connectivity index (χ4n) is 1.64. The summed E-state index contributed by atoms with van der Waals surface area (Å²) < 4.78 is 0. The smallest absolute Gasteiger partial charge is 0.302 e. The van der Waals surface area contributed by atoms with Gasteiger partial charge in [-0.25, -0.2) is 0 Å². The summed E-state index contributed by atoms with van der Waals surface area (Å²) in [7, 11) is 0. The van der Waals surface area contributed by atoms with E-state index in [1.54, 1.807) is 37.3 Å². The Morgan fingerprint density at radius 3 is 2.22 bits per heavy atom. The zero-order valence-electron chi connectivity index (χ0n) is 10.9. The Kier molecular flexibility index (Phi) is 7.75. The summed E-state index contributed by atoms with van der Waals surface area (Å²) in [6.07, 6.45) is 0.573. The molecule has 1 rings (SSSR count). The van der Waals surface area contributed by atoms with Gasteiger partial charge in [-0.3, -0.25) is 14.5 Å². The van der Waals surface area contributed by atoms with E-state index in [0.29, 0.717) is 11.8 Å². The maximum absolute atomic E-state index is 12.0. The minimum absolute atomic E-state index is 0. The molecule has 0 aliphatic rings. The van der Waals surface area contributed by atoms with Gasteiger partial charge in [-0.1, -0.05) is 30.3 Å². The van der Waals surface area contributed by atoms with Crippen molar-refractivity contribution in [1.29, 1.82) is 0 Å². The van der Waals surface area contributed by atoms with E-state index in [4.69, 9.17) is 0 Å². The summed E-state index contributed by atoms with van der Waals surface area (Å²) in [5, 5.41) is 0. The summed E-state index contributed by atoms with van der Waals surface area (Å²) in [4.78, 5) is 35.4. The van der Waals surface area contributed by atoms with Crippen molar-refractivity contribution in [3.63, 3.8) is 0 Å². The van der Waals surface area contributed by atoms with Crippen molar-refractivity contribution in [2.45, 2.75) is 19.8 Å². The average Bonchev–Trinajstić information content (AvgIpc) is 2.31. The second kappa shape index (κ2) is 8.19. The van der Waals surface area contributed by atoms with Gasteiger partial charge in [0.25, 0.3) is 0 Å². The SMILES string of the molecule is CCN(C(C)=O)C(=O)C(C=O)c1ccccc1.[Na+]. The molecule has 18 heavy (non-hydrogen) atoms. The van der Waals surface area contributed by atoms with Gasteiger partial charge in [0.2, 0.25) is 11.8 Å². The molecule has 0 spiro atoms. The van der Waals surface area contributed by atoms with Crippen molar-refractivity contribution in [2.75, 3.05) is 6.54 Å². The van der Waals surface area contributed by atoms with E-state index in [-0.39, 0.29) is 42.0 Å². The molecule has 5 heteroatoms. The normalized spacial score (nSPS) is 11.0. The Balaban J connectivity index is 0.00000289. The predicted octanol–water partition coefficient (Wildman–Crippen LogP) is -1.63. The Bertz CT molecular complexity index is 420. The Labute approximate surface area is 129 Å². The molecular weight excluding hydrogens is 241 g/mol. The number of rotatable bonds is 4. The monoisotopic (exact) mass is 256 g/mol. The van der Waals surface area contributed by atoms with Gasteiger partial charge in [-0.05, 0) is 12.5 Å². The number of nitrogens with zero attached hydrogens (tertiary/aromatic N) is 1. The third-order valence-electron chi connectivity index (χ3n) is 2.52. The molecule has 0 bridgehead atoms. The molecule has 0 radical (unpaired) electrons. The molecule has 0 N–H and O–H groups in total. The fraction of sp³-hybridized carbons (Fsp3) is 0.308. The molecule has 0 aromatic heterocycles. The van der Waals surface area contributed by atoms with E-state index >= 15 is 0 Å². The maximum Gasteiger partial charge on any atom is 1.00 e. The average molecular weight is 256 g/mol. The van der Waals surface area contributed by atoms with Crippen LogP contribution in [0, 0.1) is 0 Å². The number of imide groups is 1. The van der Waals surface area contributed by atoms with Crippen LogP contribution < -0.4 is 29.6 Å². The van der Waals surface area contributed by atoms with Gasteiger partial charge < -0.3 is 4.79 Å². The molecule has 1 atom stereocenters. The molecule has 0 aliphatic carbocycles. The first-order chi connectivity index (χ1) is 8.11. The van der Waals surface area contributed by atoms with Crippen molar-refractivity contribution in [2.24, 2.45) is 0 Å². The Morgan fingerprint density at radius 2 is 1.83 bits per heavy atom. The second-order valence-corrected chi connectivity index (χ2v) is 3.63. The van der Waals surface area contributed by atoms with Crippen LogP contribution in [0.1, 0.15) is 25.3 Å². The van der Waals surface area contributed by atoms with Crippen molar-refractivity contribution >= 4 is 18.1 Å². The minimum Gasteiger partial charge on any atom is -0.302 e. The van der Waals surface area contributed by atoms with Gasteiger partial charge in [-0.15, -0.1) is 0 Å². The van der Waals surface area contributed by atoms with E-state index < -0.39 is 11.8 Å². The van der Waals surface area contributed by atoms with Crippen LogP contribution in [0.3, 0.4) is 0 Å². The zero-order valence-corrected chi connectivity index (χ0v) is 12.9. The first-order valence-electron chi connectivity index (χ1n) is 5.44. The number of benzene rings is 1. The van der Waals surface area contributed by atoms with Crippen molar-refractivity contribution < 1.29 is 43.9 Å². The first kappa shape index (κ1) is 17.0. The van der Waals surface area contributed by atoms with Crippen LogP contribution in [0.25, 0.3) is 0 Å². The number of likely N-dealkylation sites (N-methyl/N-ethyl adjacent to an activating group) is 1. The van der Waals surface area contributed by atoms with E-state index in [9.17, 15) is 14.4 Å². The molecule has 0 fully saturated rings. The van der Waals surface area contributed by atoms with Crippen LogP contribution in [-0.4, -0.2) is 29.5 Å². The number of amides is 2. The molecule has 4 nitrogen and oxygen atoms in total. The van der Waals surface area contributed by atoms with E-state index in [1.165, 1.54) is 6.92 Å². The van der Waals surface area contributed by atoms with Crippen molar-refractivity contribution in [3.8, 4) is 0 Å². The summed E-state index contributed by atoms with van der Waals surface area (Å²) in [6, 6.07) is 8.71. The van der Waals surface area contributed by atoms with Crippen molar-refractivity contribution in [3.05, 3.63) is 35.9 Å². The fourth-order valence-corrected chi connectivity index (χ4v) is 1.64. The number of hydrogen-bond donors (Lipinski definition) is 0. The standard InChI is InChI=1S/C13H15NO3.Na/c1-3-14(10(2)16)13(17)12(9-15)11-7-5-4-6-8-11;/h4-9,12H,3H2,1-2H3;/q;+1. The van der Waals surface area contributed by atoms with Crippen LogP contribution in [0.5, 0.6) is 0 Å². The number of aldehydes is 1. The van der Waals surface area contributed by atoms with Gasteiger partial charge in [0.15, 0.2) is 0 Å².